The van der Waals surface area contributed by atoms with Crippen molar-refractivity contribution in [1.82, 2.24) is 14.3 Å². The Balaban J connectivity index is 2.47. The predicted octanol–water partition coefficient (Wildman–Crippen LogP) is 0.894. The van der Waals surface area contributed by atoms with Gasteiger partial charge in [-0.3, -0.25) is 0 Å². The average molecular weight is 310 g/mol. The maximum absolute atomic E-state index is 12.2. The fraction of sp³-hybridized carbons (Fsp3) is 1.00. The molecule has 0 aromatic rings. The molecule has 0 amide bonds. The lowest BCUT2D eigenvalue weighted by molar-refractivity contribution is 0.268. The molecule has 0 unspecified atom stereocenters. The van der Waals surface area contributed by atoms with Gasteiger partial charge in [0.25, 0.3) is 10.2 Å². The molecule has 1 aliphatic heterocycles. The van der Waals surface area contributed by atoms with Crippen molar-refractivity contribution in [2.24, 2.45) is 5.92 Å². The van der Waals surface area contributed by atoms with Crippen LogP contribution in [0.4, 0.5) is 0 Å². The van der Waals surface area contributed by atoms with Gasteiger partial charge in [0.15, 0.2) is 0 Å². The average Bonchev–Trinajstić information content (AvgIpc) is 2.38. The van der Waals surface area contributed by atoms with Crippen LogP contribution >= 0.6 is 11.8 Å². The third-order valence-electron chi connectivity index (χ3n) is 3.64. The molecule has 0 saturated carbocycles. The lowest BCUT2D eigenvalue weighted by Crippen LogP contribution is -2.48. The molecule has 1 fully saturated rings. The fourth-order valence-corrected chi connectivity index (χ4v) is 3.80. The first-order valence-electron chi connectivity index (χ1n) is 6.75. The van der Waals surface area contributed by atoms with E-state index in [0.717, 1.165) is 19.4 Å². The van der Waals surface area contributed by atoms with Gasteiger partial charge in [0.1, 0.15) is 0 Å². The number of nitrogens with zero attached hydrogens (tertiary/aromatic N) is 1. The molecule has 0 atom stereocenters. The van der Waals surface area contributed by atoms with E-state index in [0.29, 0.717) is 25.6 Å². The van der Waals surface area contributed by atoms with Crippen LogP contribution in [-0.2, 0) is 10.2 Å². The Labute approximate surface area is 122 Å². The molecule has 0 bridgehead atoms. The van der Waals surface area contributed by atoms with Crippen LogP contribution in [0.5, 0.6) is 0 Å². The molecule has 7 heteroatoms. The van der Waals surface area contributed by atoms with Crippen molar-refractivity contribution in [3.8, 4) is 0 Å². The summed E-state index contributed by atoms with van der Waals surface area (Å²) in [5, 5.41) is 3.16. The maximum Gasteiger partial charge on any atom is 0.279 e. The second-order valence-electron chi connectivity index (χ2n) is 5.69. The number of thioether (sulfide) groups is 1. The van der Waals surface area contributed by atoms with E-state index in [1.165, 1.54) is 0 Å². The minimum atomic E-state index is -3.32. The van der Waals surface area contributed by atoms with Gasteiger partial charge < -0.3 is 5.32 Å². The van der Waals surface area contributed by atoms with Gasteiger partial charge >= 0.3 is 0 Å². The van der Waals surface area contributed by atoms with E-state index in [4.69, 9.17) is 0 Å². The maximum atomic E-state index is 12.2. The summed E-state index contributed by atoms with van der Waals surface area (Å²) in [6.07, 6.45) is 3.87. The van der Waals surface area contributed by atoms with Crippen LogP contribution in [0, 0.1) is 5.92 Å². The smallest absolute Gasteiger partial charge is 0.279 e. The summed E-state index contributed by atoms with van der Waals surface area (Å²) in [6.45, 7) is 6.77. The molecule has 1 aliphatic rings. The monoisotopic (exact) mass is 309 g/mol. The Morgan fingerprint density at radius 3 is 2.37 bits per heavy atom. The van der Waals surface area contributed by atoms with Gasteiger partial charge in [0.2, 0.25) is 0 Å². The zero-order chi connectivity index (χ0) is 14.5. The predicted molar refractivity (Wildman–Crippen MR) is 82.7 cm³/mol. The highest BCUT2D eigenvalue weighted by atomic mass is 32.2. The van der Waals surface area contributed by atoms with Crippen LogP contribution in [0.3, 0.4) is 0 Å². The first-order valence-corrected chi connectivity index (χ1v) is 9.42. The zero-order valence-electron chi connectivity index (χ0n) is 12.4. The minimum absolute atomic E-state index is 0.0719. The minimum Gasteiger partial charge on any atom is -0.319 e. The number of rotatable bonds is 7. The highest BCUT2D eigenvalue weighted by molar-refractivity contribution is 8.00. The van der Waals surface area contributed by atoms with Crippen molar-refractivity contribution in [3.63, 3.8) is 0 Å². The Morgan fingerprint density at radius 1 is 1.32 bits per heavy atom. The quantitative estimate of drug-likeness (QED) is 0.733. The summed E-state index contributed by atoms with van der Waals surface area (Å²) >= 11 is 1.67. The summed E-state index contributed by atoms with van der Waals surface area (Å²) in [5.74, 6) is 0.596. The number of nitrogens with one attached hydrogen (secondary N) is 2. The molecular formula is C12H27N3O2S2. The van der Waals surface area contributed by atoms with Gasteiger partial charge in [0, 0.05) is 24.4 Å². The second-order valence-corrected chi connectivity index (χ2v) is 8.96. The lowest BCUT2D eigenvalue weighted by Gasteiger charge is -2.32. The largest absolute Gasteiger partial charge is 0.319 e. The van der Waals surface area contributed by atoms with Crippen molar-refractivity contribution < 1.29 is 8.42 Å². The lowest BCUT2D eigenvalue weighted by atomic mass is 9.98. The van der Waals surface area contributed by atoms with Crippen LogP contribution in [-0.4, -0.2) is 57.0 Å². The fourth-order valence-electron chi connectivity index (χ4n) is 2.07. The van der Waals surface area contributed by atoms with E-state index in [1.807, 2.05) is 27.2 Å². The summed E-state index contributed by atoms with van der Waals surface area (Å²) in [4.78, 5) is 0. The first-order chi connectivity index (χ1) is 8.80. The molecular weight excluding hydrogens is 282 g/mol. The normalized spacial score (nSPS) is 19.8. The van der Waals surface area contributed by atoms with Crippen molar-refractivity contribution in [2.45, 2.75) is 31.4 Å². The summed E-state index contributed by atoms with van der Waals surface area (Å²) < 4.78 is 28.6. The van der Waals surface area contributed by atoms with Gasteiger partial charge in [-0.15, -0.1) is 0 Å². The van der Waals surface area contributed by atoms with Crippen molar-refractivity contribution >= 4 is 22.0 Å². The van der Waals surface area contributed by atoms with E-state index in [1.54, 1.807) is 16.1 Å². The van der Waals surface area contributed by atoms with Gasteiger partial charge in [-0.25, -0.2) is 4.72 Å². The number of piperidine rings is 1. The molecule has 114 valence electrons. The molecule has 5 nitrogen and oxygen atoms in total. The highest BCUT2D eigenvalue weighted by Gasteiger charge is 2.29. The van der Waals surface area contributed by atoms with Crippen LogP contribution < -0.4 is 10.0 Å². The van der Waals surface area contributed by atoms with Gasteiger partial charge in [0.05, 0.1) is 0 Å². The SMILES string of the molecule is CNCC1CCN(S(=O)(=O)NCC(C)(C)SC)CC1. The molecule has 0 aromatic carbocycles. The van der Waals surface area contributed by atoms with Crippen LogP contribution in [0.25, 0.3) is 0 Å². The Kier molecular flexibility index (Phi) is 6.59. The molecule has 1 rings (SSSR count). The Hall–Kier alpha value is 0.180. The third-order valence-corrected chi connectivity index (χ3v) is 6.44. The van der Waals surface area contributed by atoms with Gasteiger partial charge in [-0.05, 0) is 52.5 Å². The van der Waals surface area contributed by atoms with Crippen LogP contribution in [0.1, 0.15) is 26.7 Å². The molecule has 1 heterocycles. The molecule has 0 aliphatic carbocycles. The first kappa shape index (κ1) is 17.2. The van der Waals surface area contributed by atoms with Crippen molar-refractivity contribution in [1.29, 1.82) is 0 Å². The zero-order valence-corrected chi connectivity index (χ0v) is 14.0. The van der Waals surface area contributed by atoms with Crippen molar-refractivity contribution in [2.75, 3.05) is 39.5 Å². The topological polar surface area (TPSA) is 61.4 Å². The molecule has 0 radical (unpaired) electrons. The Bertz CT molecular complexity index is 363. The van der Waals surface area contributed by atoms with E-state index in [2.05, 4.69) is 10.0 Å². The van der Waals surface area contributed by atoms with Gasteiger partial charge in [-0.1, -0.05) is 0 Å². The Morgan fingerprint density at radius 2 is 1.89 bits per heavy atom. The summed E-state index contributed by atoms with van der Waals surface area (Å²) in [7, 11) is -1.38. The van der Waals surface area contributed by atoms with E-state index < -0.39 is 10.2 Å². The molecule has 19 heavy (non-hydrogen) atoms. The highest BCUT2D eigenvalue weighted by Crippen LogP contribution is 2.21. The summed E-state index contributed by atoms with van der Waals surface area (Å²) in [6, 6.07) is 0. The molecule has 1 saturated heterocycles. The summed E-state index contributed by atoms with van der Waals surface area (Å²) in [5.41, 5.74) is 0. The standard InChI is InChI=1S/C12H27N3O2S2/c1-12(2,18-4)10-14-19(16,17)15-7-5-11(6-8-15)9-13-3/h11,13-14H,5-10H2,1-4H3. The van der Waals surface area contributed by atoms with Crippen LogP contribution in [0.2, 0.25) is 0 Å². The van der Waals surface area contributed by atoms with Crippen LogP contribution in [0.15, 0.2) is 0 Å². The number of hydrogen-bond acceptors (Lipinski definition) is 4. The van der Waals surface area contributed by atoms with E-state index >= 15 is 0 Å². The molecule has 0 spiro atoms. The second kappa shape index (κ2) is 7.26. The van der Waals surface area contributed by atoms with E-state index in [9.17, 15) is 8.42 Å². The van der Waals surface area contributed by atoms with Gasteiger partial charge in [-0.2, -0.15) is 24.5 Å². The molecule has 2 N–H and O–H groups in total. The third kappa shape index (κ3) is 5.59. The van der Waals surface area contributed by atoms with E-state index in [-0.39, 0.29) is 4.75 Å². The number of hydrogen-bond donors (Lipinski definition) is 2. The van der Waals surface area contributed by atoms with Crippen molar-refractivity contribution in [3.05, 3.63) is 0 Å². The molecule has 0 aromatic heterocycles.